The number of halogens is 1. The third kappa shape index (κ3) is 5.40. The molecule has 0 aliphatic carbocycles. The number of benzene rings is 2. The molecule has 0 spiro atoms. The fraction of sp³-hybridized carbons (Fsp3) is 0.385. The first-order valence-corrected chi connectivity index (χ1v) is 14.2. The number of nitrogens with zero attached hydrogens (tertiary/aromatic N) is 4. The minimum absolute atomic E-state index is 0.0773. The van der Waals surface area contributed by atoms with Crippen LogP contribution in [0.2, 0.25) is 5.02 Å². The van der Waals surface area contributed by atoms with Crippen molar-refractivity contribution < 1.29 is 17.7 Å². The van der Waals surface area contributed by atoms with Crippen LogP contribution >= 0.6 is 11.6 Å². The number of hydrogen-bond acceptors (Lipinski definition) is 7. The molecule has 1 amide bonds. The summed E-state index contributed by atoms with van der Waals surface area (Å²) in [7, 11) is -3.78. The summed E-state index contributed by atoms with van der Waals surface area (Å²) in [6.45, 7) is 7.10. The molecule has 1 atom stereocenters. The molecule has 0 bridgehead atoms. The van der Waals surface area contributed by atoms with Gasteiger partial charge in [0.05, 0.1) is 10.6 Å². The van der Waals surface area contributed by atoms with Crippen LogP contribution in [0.15, 0.2) is 57.9 Å². The van der Waals surface area contributed by atoms with Gasteiger partial charge in [-0.3, -0.25) is 4.79 Å². The first-order valence-electron chi connectivity index (χ1n) is 12.4. The van der Waals surface area contributed by atoms with Crippen LogP contribution in [0.25, 0.3) is 0 Å². The number of fused-ring (bicyclic) bond motifs is 1. The SMILES string of the molecule is Cc1cc(NS(=O)(=O)c2ccc(N3CCN(C(=O)[C@H](C)N4CCCc5cc(Cl)ccc54)CC3)cc2)on1. The van der Waals surface area contributed by atoms with Crippen LogP contribution in [0, 0.1) is 6.92 Å². The summed E-state index contributed by atoms with van der Waals surface area (Å²) in [4.78, 5) is 19.8. The van der Waals surface area contributed by atoms with E-state index in [0.29, 0.717) is 31.9 Å². The fourth-order valence-electron chi connectivity index (χ4n) is 5.02. The van der Waals surface area contributed by atoms with Crippen molar-refractivity contribution in [2.75, 3.05) is 47.2 Å². The molecule has 3 aromatic rings. The molecule has 1 saturated heterocycles. The number of carbonyl (C=O) groups excluding carboxylic acids is 1. The molecule has 2 aliphatic heterocycles. The minimum Gasteiger partial charge on any atom is -0.368 e. The van der Waals surface area contributed by atoms with E-state index in [2.05, 4.69) is 19.7 Å². The van der Waals surface area contributed by atoms with Gasteiger partial charge in [0.2, 0.25) is 11.8 Å². The molecule has 0 saturated carbocycles. The monoisotopic (exact) mass is 543 g/mol. The maximum atomic E-state index is 13.4. The molecule has 3 heterocycles. The second-order valence-corrected chi connectivity index (χ2v) is 11.6. The van der Waals surface area contributed by atoms with E-state index in [1.54, 1.807) is 31.2 Å². The summed E-state index contributed by atoms with van der Waals surface area (Å²) < 4.78 is 32.6. The summed E-state index contributed by atoms with van der Waals surface area (Å²) in [5.74, 6) is 0.200. The van der Waals surface area contributed by atoms with Crippen molar-refractivity contribution in [3.63, 3.8) is 0 Å². The smallest absolute Gasteiger partial charge is 0.264 e. The van der Waals surface area contributed by atoms with E-state index in [1.165, 1.54) is 11.6 Å². The molecule has 0 unspecified atom stereocenters. The van der Waals surface area contributed by atoms with Gasteiger partial charge >= 0.3 is 0 Å². The number of amides is 1. The Morgan fingerprint density at radius 2 is 1.78 bits per heavy atom. The van der Waals surface area contributed by atoms with Crippen molar-refractivity contribution in [1.82, 2.24) is 10.1 Å². The molecule has 1 N–H and O–H groups in total. The highest BCUT2D eigenvalue weighted by atomic mass is 35.5. The minimum atomic E-state index is -3.78. The van der Waals surface area contributed by atoms with Crippen LogP contribution < -0.4 is 14.5 Å². The maximum absolute atomic E-state index is 13.4. The van der Waals surface area contributed by atoms with Crippen LogP contribution in [-0.2, 0) is 21.2 Å². The second kappa shape index (κ2) is 10.3. The normalized spacial score (nSPS) is 16.9. The Kier molecular flexibility index (Phi) is 7.04. The molecular formula is C26H30ClN5O4S. The van der Waals surface area contributed by atoms with Crippen LogP contribution in [0.5, 0.6) is 0 Å². The first kappa shape index (κ1) is 25.4. The number of nitrogens with one attached hydrogen (secondary N) is 1. The Bertz CT molecular complexity index is 1380. The summed E-state index contributed by atoms with van der Waals surface area (Å²) in [5.41, 5.74) is 3.79. The molecule has 2 aliphatic rings. The standard InChI is InChI=1S/C26H30ClN5O4S/c1-18-16-25(36-28-18)29-37(34,35)23-8-6-22(7-9-23)30-12-14-31(15-13-30)26(33)19(2)32-11-3-4-20-17-21(27)5-10-24(20)32/h5-10,16-17,19,29H,3-4,11-15H2,1-2H3/t19-/m0/s1. The zero-order valence-electron chi connectivity index (χ0n) is 20.9. The molecular weight excluding hydrogens is 514 g/mol. The summed E-state index contributed by atoms with van der Waals surface area (Å²) in [6, 6.07) is 13.9. The number of hydrogen-bond donors (Lipinski definition) is 1. The topological polar surface area (TPSA) is 99.0 Å². The molecule has 0 radical (unpaired) electrons. The Labute approximate surface area is 222 Å². The van der Waals surface area contributed by atoms with Crippen LogP contribution in [0.1, 0.15) is 24.6 Å². The van der Waals surface area contributed by atoms with Crippen molar-refractivity contribution in [1.29, 1.82) is 0 Å². The molecule has 5 rings (SSSR count). The van der Waals surface area contributed by atoms with Gasteiger partial charge in [-0.15, -0.1) is 0 Å². The van der Waals surface area contributed by atoms with Crippen molar-refractivity contribution in [3.8, 4) is 0 Å². The highest BCUT2D eigenvalue weighted by Crippen LogP contribution is 2.31. The van der Waals surface area contributed by atoms with Gasteiger partial charge in [-0.2, -0.15) is 0 Å². The lowest BCUT2D eigenvalue weighted by Gasteiger charge is -2.41. The zero-order chi connectivity index (χ0) is 26.2. The number of aryl methyl sites for hydroxylation is 2. The molecule has 9 nitrogen and oxygen atoms in total. The van der Waals surface area contributed by atoms with Crippen LogP contribution in [0.4, 0.5) is 17.3 Å². The second-order valence-electron chi connectivity index (χ2n) is 9.49. The van der Waals surface area contributed by atoms with Gasteiger partial charge in [0.15, 0.2) is 0 Å². The van der Waals surface area contributed by atoms with Gasteiger partial charge in [-0.05, 0) is 74.7 Å². The highest BCUT2D eigenvalue weighted by Gasteiger charge is 2.31. The summed E-state index contributed by atoms with van der Waals surface area (Å²) in [5, 5.41) is 4.42. The maximum Gasteiger partial charge on any atom is 0.264 e. The zero-order valence-corrected chi connectivity index (χ0v) is 22.4. The van der Waals surface area contributed by atoms with Crippen molar-refractivity contribution >= 4 is 44.8 Å². The summed E-state index contributed by atoms with van der Waals surface area (Å²) >= 11 is 6.18. The van der Waals surface area contributed by atoms with E-state index in [4.69, 9.17) is 16.1 Å². The number of piperazine rings is 1. The average molecular weight is 544 g/mol. The highest BCUT2D eigenvalue weighted by molar-refractivity contribution is 7.92. The lowest BCUT2D eigenvalue weighted by atomic mass is 10.00. The Hall–Kier alpha value is -3.24. The molecule has 1 aromatic heterocycles. The van der Waals surface area contributed by atoms with Crippen molar-refractivity contribution in [2.24, 2.45) is 0 Å². The Morgan fingerprint density at radius 3 is 2.46 bits per heavy atom. The molecule has 2 aromatic carbocycles. The lowest BCUT2D eigenvalue weighted by molar-refractivity contribution is -0.132. The van der Waals surface area contributed by atoms with Gasteiger partial charge in [0.25, 0.3) is 10.0 Å². The largest absolute Gasteiger partial charge is 0.368 e. The van der Waals surface area contributed by atoms with Gasteiger partial charge in [0, 0.05) is 55.2 Å². The van der Waals surface area contributed by atoms with E-state index in [-0.39, 0.29) is 22.7 Å². The quantitative estimate of drug-likeness (QED) is 0.503. The van der Waals surface area contributed by atoms with Gasteiger partial charge in [-0.25, -0.2) is 13.1 Å². The van der Waals surface area contributed by atoms with Crippen LogP contribution in [0.3, 0.4) is 0 Å². The summed E-state index contributed by atoms with van der Waals surface area (Å²) in [6.07, 6.45) is 1.97. The molecule has 1 fully saturated rings. The average Bonchev–Trinajstić information content (AvgIpc) is 3.31. The van der Waals surface area contributed by atoms with E-state index in [1.807, 2.05) is 30.0 Å². The third-order valence-electron chi connectivity index (χ3n) is 6.99. The van der Waals surface area contributed by atoms with Gasteiger partial charge in [-0.1, -0.05) is 16.8 Å². The fourth-order valence-corrected chi connectivity index (χ4v) is 6.19. The first-order chi connectivity index (χ1) is 17.7. The van der Waals surface area contributed by atoms with E-state index in [0.717, 1.165) is 35.8 Å². The predicted molar refractivity (Wildman–Crippen MR) is 144 cm³/mol. The third-order valence-corrected chi connectivity index (χ3v) is 8.59. The molecule has 37 heavy (non-hydrogen) atoms. The van der Waals surface area contributed by atoms with E-state index >= 15 is 0 Å². The number of aromatic nitrogens is 1. The number of rotatable bonds is 6. The van der Waals surface area contributed by atoms with Gasteiger partial charge < -0.3 is 19.2 Å². The molecule has 196 valence electrons. The number of sulfonamides is 1. The molecule has 11 heteroatoms. The number of carbonyl (C=O) groups is 1. The van der Waals surface area contributed by atoms with E-state index < -0.39 is 10.0 Å². The number of anilines is 3. The van der Waals surface area contributed by atoms with E-state index in [9.17, 15) is 13.2 Å². The predicted octanol–water partition coefficient (Wildman–Crippen LogP) is 3.93. The lowest BCUT2D eigenvalue weighted by Crippen LogP contribution is -2.55. The Morgan fingerprint density at radius 1 is 1.05 bits per heavy atom. The van der Waals surface area contributed by atoms with Gasteiger partial charge in [0.1, 0.15) is 6.04 Å². The van der Waals surface area contributed by atoms with Crippen molar-refractivity contribution in [2.45, 2.75) is 37.6 Å². The van der Waals surface area contributed by atoms with Crippen LogP contribution in [-0.4, -0.2) is 63.1 Å². The van der Waals surface area contributed by atoms with Crippen molar-refractivity contribution in [3.05, 3.63) is 64.8 Å². The Balaban J connectivity index is 1.19.